The molecule has 1 aliphatic heterocycles. The fourth-order valence-electron chi connectivity index (χ4n) is 3.47. The van der Waals surface area contributed by atoms with Gasteiger partial charge in [-0.2, -0.15) is 5.10 Å². The van der Waals surface area contributed by atoms with E-state index in [-0.39, 0.29) is 12.0 Å². The van der Waals surface area contributed by atoms with Crippen molar-refractivity contribution in [2.24, 2.45) is 12.0 Å². The number of amides is 1. The molecule has 0 spiro atoms. The molecule has 0 atom stereocenters. The molecule has 0 unspecified atom stereocenters. The molecule has 1 amide bonds. The van der Waals surface area contributed by atoms with Gasteiger partial charge in [-0.25, -0.2) is 4.98 Å². The monoisotopic (exact) mass is 403 g/mol. The highest BCUT2D eigenvalue weighted by molar-refractivity contribution is 6.15. The van der Waals surface area contributed by atoms with Gasteiger partial charge in [-0.1, -0.05) is 6.07 Å². The van der Waals surface area contributed by atoms with Crippen molar-refractivity contribution in [1.82, 2.24) is 14.8 Å². The van der Waals surface area contributed by atoms with Crippen LogP contribution in [0.4, 0.5) is 5.82 Å². The molecule has 7 nitrogen and oxygen atoms in total. The summed E-state index contributed by atoms with van der Waals surface area (Å²) in [6, 6.07) is 9.86. The van der Waals surface area contributed by atoms with Crippen molar-refractivity contribution < 1.29 is 9.53 Å². The minimum absolute atomic E-state index is 0.0788. The Balaban J connectivity index is 1.46. The average molecular weight is 403 g/mol. The fraction of sp³-hybridized carbons (Fsp3) is 0.304. The van der Waals surface area contributed by atoms with Crippen LogP contribution in [-0.2, 0) is 24.8 Å². The Hall–Kier alpha value is -3.48. The van der Waals surface area contributed by atoms with Crippen LogP contribution < -0.4 is 10.1 Å². The third kappa shape index (κ3) is 4.56. The van der Waals surface area contributed by atoms with E-state index < -0.39 is 0 Å². The maximum absolute atomic E-state index is 12.3. The molecule has 2 aromatic heterocycles. The van der Waals surface area contributed by atoms with Crippen molar-refractivity contribution in [2.75, 3.05) is 5.32 Å². The summed E-state index contributed by atoms with van der Waals surface area (Å²) in [6.07, 6.45) is 6.51. The number of carbonyl (C=O) groups excluding carboxylic acids is 1. The van der Waals surface area contributed by atoms with E-state index in [1.807, 2.05) is 51.4 Å². The summed E-state index contributed by atoms with van der Waals surface area (Å²) in [6.45, 7) is 4.66. The second kappa shape index (κ2) is 8.49. The Bertz CT molecular complexity index is 1100. The van der Waals surface area contributed by atoms with E-state index >= 15 is 0 Å². The molecular formula is C23H25N5O2. The molecule has 1 aliphatic rings. The summed E-state index contributed by atoms with van der Waals surface area (Å²) in [4.78, 5) is 21.3. The lowest BCUT2D eigenvalue weighted by atomic mass is 10.0. The van der Waals surface area contributed by atoms with Crippen molar-refractivity contribution in [3.63, 3.8) is 0 Å². The summed E-state index contributed by atoms with van der Waals surface area (Å²) in [5, 5.41) is 7.01. The molecule has 0 radical (unpaired) electrons. The van der Waals surface area contributed by atoms with E-state index in [1.165, 1.54) is 5.56 Å². The summed E-state index contributed by atoms with van der Waals surface area (Å²) in [7, 11) is 1.86. The van der Waals surface area contributed by atoms with Gasteiger partial charge in [-0.15, -0.1) is 0 Å². The molecule has 7 heteroatoms. The SMILES string of the molecule is CC(C)Oc1ccc2c(c1)C(c1ccnc(NC(=O)CCc3cnn(C)c3)c1)=NC2. The van der Waals surface area contributed by atoms with Gasteiger partial charge >= 0.3 is 0 Å². The molecule has 0 bridgehead atoms. The van der Waals surface area contributed by atoms with Crippen LogP contribution in [0.2, 0.25) is 0 Å². The Morgan fingerprint density at radius 3 is 2.90 bits per heavy atom. The number of aryl methyl sites for hydroxylation is 2. The summed E-state index contributed by atoms with van der Waals surface area (Å²) in [5.74, 6) is 1.27. The van der Waals surface area contributed by atoms with Gasteiger partial charge in [0.1, 0.15) is 11.6 Å². The smallest absolute Gasteiger partial charge is 0.225 e. The van der Waals surface area contributed by atoms with Gasteiger partial charge < -0.3 is 10.1 Å². The summed E-state index contributed by atoms with van der Waals surface area (Å²) in [5.41, 5.74) is 5.08. The molecule has 3 aromatic rings. The van der Waals surface area contributed by atoms with Crippen LogP contribution in [0.15, 0.2) is 53.9 Å². The molecule has 1 N–H and O–H groups in total. The number of ether oxygens (including phenoxy) is 1. The zero-order chi connectivity index (χ0) is 21.1. The number of benzene rings is 1. The lowest BCUT2D eigenvalue weighted by molar-refractivity contribution is -0.116. The number of aliphatic imine (C=N–C) groups is 1. The number of nitrogens with one attached hydrogen (secondary N) is 1. The highest BCUT2D eigenvalue weighted by Crippen LogP contribution is 2.28. The maximum Gasteiger partial charge on any atom is 0.225 e. The van der Waals surface area contributed by atoms with Gasteiger partial charge in [0.15, 0.2) is 0 Å². The van der Waals surface area contributed by atoms with Crippen LogP contribution in [0.5, 0.6) is 5.75 Å². The van der Waals surface area contributed by atoms with E-state index in [9.17, 15) is 4.79 Å². The zero-order valence-electron chi connectivity index (χ0n) is 17.4. The van der Waals surface area contributed by atoms with E-state index in [0.717, 1.165) is 28.2 Å². The van der Waals surface area contributed by atoms with E-state index in [2.05, 4.69) is 21.5 Å². The fourth-order valence-corrected chi connectivity index (χ4v) is 3.47. The molecule has 1 aromatic carbocycles. The average Bonchev–Trinajstić information content (AvgIpc) is 3.32. The third-order valence-corrected chi connectivity index (χ3v) is 4.82. The van der Waals surface area contributed by atoms with Crippen LogP contribution >= 0.6 is 0 Å². The third-order valence-electron chi connectivity index (χ3n) is 4.82. The predicted molar refractivity (Wildman–Crippen MR) is 116 cm³/mol. The number of nitrogens with zero attached hydrogens (tertiary/aromatic N) is 4. The van der Waals surface area contributed by atoms with E-state index in [0.29, 0.717) is 25.2 Å². The first-order chi connectivity index (χ1) is 14.5. The maximum atomic E-state index is 12.3. The number of pyridine rings is 1. The molecule has 4 rings (SSSR count). The molecule has 0 saturated heterocycles. The van der Waals surface area contributed by atoms with Crippen LogP contribution in [-0.4, -0.2) is 32.5 Å². The van der Waals surface area contributed by atoms with E-state index in [1.54, 1.807) is 17.1 Å². The molecule has 0 saturated carbocycles. The Morgan fingerprint density at radius 1 is 1.27 bits per heavy atom. The second-order valence-electron chi connectivity index (χ2n) is 7.65. The minimum atomic E-state index is -0.0788. The van der Waals surface area contributed by atoms with Crippen LogP contribution in [0.3, 0.4) is 0 Å². The van der Waals surface area contributed by atoms with E-state index in [4.69, 9.17) is 9.73 Å². The number of fused-ring (bicyclic) bond motifs is 1. The molecule has 154 valence electrons. The highest BCUT2D eigenvalue weighted by Gasteiger charge is 2.19. The van der Waals surface area contributed by atoms with Gasteiger partial charge in [-0.3, -0.25) is 14.5 Å². The van der Waals surface area contributed by atoms with Crippen LogP contribution in [0.25, 0.3) is 0 Å². The normalized spacial score (nSPS) is 12.6. The van der Waals surface area contributed by atoms with Gasteiger partial charge in [0.05, 0.1) is 24.6 Å². The largest absolute Gasteiger partial charge is 0.491 e. The first-order valence-corrected chi connectivity index (χ1v) is 10.1. The second-order valence-corrected chi connectivity index (χ2v) is 7.65. The topological polar surface area (TPSA) is 81.4 Å². The Kier molecular flexibility index (Phi) is 5.61. The first-order valence-electron chi connectivity index (χ1n) is 10.1. The van der Waals surface area contributed by atoms with Crippen LogP contribution in [0, 0.1) is 0 Å². The molecule has 3 heterocycles. The predicted octanol–water partition coefficient (Wildman–Crippen LogP) is 3.52. The van der Waals surface area contributed by atoms with Gasteiger partial charge in [-0.05, 0) is 55.7 Å². The van der Waals surface area contributed by atoms with Crippen molar-refractivity contribution in [3.05, 3.63) is 71.2 Å². The quantitative estimate of drug-likeness (QED) is 0.654. The molecular weight excluding hydrogens is 378 g/mol. The number of carbonyl (C=O) groups is 1. The zero-order valence-corrected chi connectivity index (χ0v) is 17.4. The number of hydrogen-bond donors (Lipinski definition) is 1. The molecule has 0 fully saturated rings. The molecule has 0 aliphatic carbocycles. The van der Waals surface area contributed by atoms with Crippen molar-refractivity contribution >= 4 is 17.4 Å². The van der Waals surface area contributed by atoms with Crippen molar-refractivity contribution in [1.29, 1.82) is 0 Å². The number of hydrogen-bond acceptors (Lipinski definition) is 5. The van der Waals surface area contributed by atoms with Crippen molar-refractivity contribution in [2.45, 2.75) is 39.3 Å². The van der Waals surface area contributed by atoms with Gasteiger partial charge in [0.2, 0.25) is 5.91 Å². The number of rotatable bonds is 7. The van der Waals surface area contributed by atoms with Gasteiger partial charge in [0.25, 0.3) is 0 Å². The Labute approximate surface area is 175 Å². The minimum Gasteiger partial charge on any atom is -0.491 e. The molecule has 30 heavy (non-hydrogen) atoms. The standard InChI is InChI=1S/C23H25N5O2/c1-15(2)30-19-6-5-18-13-25-23(20(18)11-19)17-8-9-24-21(10-17)27-22(29)7-4-16-12-26-28(3)14-16/h5-6,8-12,14-15H,4,7,13H2,1-3H3,(H,24,27,29). The lowest BCUT2D eigenvalue weighted by Gasteiger charge is -2.12. The Morgan fingerprint density at radius 2 is 2.13 bits per heavy atom. The van der Waals surface area contributed by atoms with Gasteiger partial charge in [0, 0.05) is 37.0 Å². The summed E-state index contributed by atoms with van der Waals surface area (Å²) >= 11 is 0. The van der Waals surface area contributed by atoms with Crippen molar-refractivity contribution in [3.8, 4) is 5.75 Å². The highest BCUT2D eigenvalue weighted by atomic mass is 16.5. The van der Waals surface area contributed by atoms with Crippen LogP contribution in [0.1, 0.15) is 42.5 Å². The summed E-state index contributed by atoms with van der Waals surface area (Å²) < 4.78 is 7.57. The number of aromatic nitrogens is 3. The first kappa shape index (κ1) is 19.8. The lowest BCUT2D eigenvalue weighted by Crippen LogP contribution is -2.14. The number of anilines is 1.